The lowest BCUT2D eigenvalue weighted by molar-refractivity contribution is 0.477. The van der Waals surface area contributed by atoms with Crippen LogP contribution in [0.3, 0.4) is 0 Å². The van der Waals surface area contributed by atoms with E-state index in [0.29, 0.717) is 5.03 Å². The van der Waals surface area contributed by atoms with Gasteiger partial charge in [-0.2, -0.15) is 0 Å². The van der Waals surface area contributed by atoms with Crippen molar-refractivity contribution in [2.24, 2.45) is 0 Å². The monoisotopic (exact) mass is 404 g/mol. The van der Waals surface area contributed by atoms with Crippen molar-refractivity contribution in [3.8, 4) is 0 Å². The van der Waals surface area contributed by atoms with Crippen LogP contribution in [0.15, 0.2) is 20.1 Å². The zero-order chi connectivity index (χ0) is 13.7. The van der Waals surface area contributed by atoms with E-state index in [0.717, 1.165) is 0 Å². The summed E-state index contributed by atoms with van der Waals surface area (Å²) >= 11 is 51.1. The molecule has 4 atom stereocenters. The van der Waals surface area contributed by atoms with Crippen molar-refractivity contribution in [1.82, 2.24) is 0 Å². The molecular weight excluding hydrogens is 404 g/mol. The molecule has 18 heavy (non-hydrogen) atoms. The molecule has 8 heteroatoms. The van der Waals surface area contributed by atoms with E-state index in [-0.39, 0.29) is 27.9 Å². The summed E-state index contributed by atoms with van der Waals surface area (Å²) in [5, 5.41) is 0.951. The van der Waals surface area contributed by atoms with E-state index in [2.05, 4.69) is 0 Å². The first kappa shape index (κ1) is 14.7. The zero-order valence-corrected chi connectivity index (χ0v) is 14.5. The Morgan fingerprint density at radius 2 is 1.22 bits per heavy atom. The number of alkyl halides is 4. The number of rotatable bonds is 0. The first-order valence-electron chi connectivity index (χ1n) is 4.93. The zero-order valence-electron chi connectivity index (χ0n) is 8.44. The molecule has 1 fully saturated rings. The molecule has 3 aliphatic carbocycles. The molecule has 2 bridgehead atoms. The summed E-state index contributed by atoms with van der Waals surface area (Å²) in [6.45, 7) is 0. The first-order chi connectivity index (χ1) is 8.06. The second-order valence-corrected chi connectivity index (χ2v) is 8.86. The van der Waals surface area contributed by atoms with E-state index in [1.165, 1.54) is 0 Å². The topological polar surface area (TPSA) is 0 Å². The summed E-state index contributed by atoms with van der Waals surface area (Å²) in [6.07, 6.45) is 0.422. The Balaban J connectivity index is 2.38. The highest BCUT2D eigenvalue weighted by Gasteiger charge is 2.85. The highest BCUT2D eigenvalue weighted by Crippen LogP contribution is 2.80. The first-order valence-corrected chi connectivity index (χ1v) is 7.95. The van der Waals surface area contributed by atoms with E-state index in [9.17, 15) is 0 Å². The Morgan fingerprint density at radius 1 is 0.722 bits per heavy atom. The molecular formula is C10H4Cl8. The van der Waals surface area contributed by atoms with Gasteiger partial charge in [-0.15, -0.1) is 46.4 Å². The van der Waals surface area contributed by atoms with Crippen molar-refractivity contribution in [1.29, 1.82) is 0 Å². The van der Waals surface area contributed by atoms with Gasteiger partial charge in [0.05, 0.1) is 20.0 Å². The smallest absolute Gasteiger partial charge is 0.114 e. The summed E-state index contributed by atoms with van der Waals surface area (Å²) in [5.41, 5.74) is 0. The van der Waals surface area contributed by atoms with Crippen molar-refractivity contribution in [3.05, 3.63) is 20.1 Å². The quantitative estimate of drug-likeness (QED) is 0.426. The van der Waals surface area contributed by atoms with Crippen LogP contribution in [-0.2, 0) is 0 Å². The van der Waals surface area contributed by atoms with Crippen LogP contribution in [0.1, 0.15) is 12.8 Å². The van der Waals surface area contributed by atoms with Crippen LogP contribution < -0.4 is 0 Å². The SMILES string of the molecule is ClC1=C(Cl)[C@@]2(Cl)[C@@](Cl)(C1)[C@]1(Cl)C[C@]2(Cl)C(Cl)=C1Cl. The van der Waals surface area contributed by atoms with Gasteiger partial charge in [0.25, 0.3) is 0 Å². The molecule has 0 aromatic carbocycles. The molecule has 0 heterocycles. The maximum atomic E-state index is 6.65. The minimum absolute atomic E-state index is 0.191. The van der Waals surface area contributed by atoms with Gasteiger partial charge < -0.3 is 0 Å². The van der Waals surface area contributed by atoms with Crippen LogP contribution in [0.2, 0.25) is 0 Å². The van der Waals surface area contributed by atoms with Gasteiger partial charge in [-0.05, 0) is 6.42 Å². The van der Waals surface area contributed by atoms with Gasteiger partial charge in [0.2, 0.25) is 0 Å². The predicted molar refractivity (Wildman–Crippen MR) is 81.0 cm³/mol. The van der Waals surface area contributed by atoms with Crippen LogP contribution in [0.4, 0.5) is 0 Å². The second-order valence-electron chi connectivity index (χ2n) is 4.76. The van der Waals surface area contributed by atoms with Crippen molar-refractivity contribution in [2.75, 3.05) is 0 Å². The van der Waals surface area contributed by atoms with Gasteiger partial charge >= 0.3 is 0 Å². The maximum absolute atomic E-state index is 6.65. The molecule has 0 amide bonds. The van der Waals surface area contributed by atoms with Gasteiger partial charge in [-0.1, -0.05) is 46.4 Å². The Hall–Kier alpha value is 1.80. The minimum Gasteiger partial charge on any atom is -0.114 e. The summed E-state index contributed by atoms with van der Waals surface area (Å²) < 4.78 is 0. The van der Waals surface area contributed by atoms with Gasteiger partial charge in [0.15, 0.2) is 0 Å². The summed E-state index contributed by atoms with van der Waals surface area (Å²) in [7, 11) is 0. The fourth-order valence-electron chi connectivity index (χ4n) is 3.10. The molecule has 0 aliphatic heterocycles. The van der Waals surface area contributed by atoms with Crippen LogP contribution in [-0.4, -0.2) is 19.5 Å². The summed E-state index contributed by atoms with van der Waals surface area (Å²) in [5.74, 6) is 0. The van der Waals surface area contributed by atoms with E-state index in [1.807, 2.05) is 0 Å². The third-order valence-corrected chi connectivity index (χ3v) is 9.49. The second kappa shape index (κ2) is 3.76. The molecule has 0 radical (unpaired) electrons. The van der Waals surface area contributed by atoms with Gasteiger partial charge in [0.1, 0.15) is 14.6 Å². The standard InChI is InChI=1S/C10H4Cl8/c11-3-1-9(17)7(15)2-8(16,6(14)5(7)13)10(9,18)4(3)12/h1-2H2/t7-,8-,9+,10-/m0/s1. The van der Waals surface area contributed by atoms with Gasteiger partial charge in [0, 0.05) is 11.5 Å². The predicted octanol–water partition coefficient (Wildman–Crippen LogP) is 6.10. The Kier molecular flexibility index (Phi) is 3.08. The molecule has 3 aliphatic rings. The molecule has 0 nitrogen and oxygen atoms in total. The third-order valence-electron chi connectivity index (χ3n) is 4.04. The number of fused-ring (bicyclic) bond motifs is 5. The van der Waals surface area contributed by atoms with Crippen molar-refractivity contribution in [2.45, 2.75) is 32.3 Å². The lowest BCUT2D eigenvalue weighted by atomic mass is 9.82. The summed E-state index contributed by atoms with van der Waals surface area (Å²) in [4.78, 5) is -4.93. The van der Waals surface area contributed by atoms with Crippen molar-refractivity contribution < 1.29 is 0 Å². The van der Waals surface area contributed by atoms with Crippen LogP contribution in [0, 0.1) is 0 Å². The summed E-state index contributed by atoms with van der Waals surface area (Å²) in [6, 6.07) is 0. The average molecular weight is 408 g/mol. The van der Waals surface area contributed by atoms with E-state index < -0.39 is 19.5 Å². The molecule has 0 saturated heterocycles. The Morgan fingerprint density at radius 3 is 1.78 bits per heavy atom. The highest BCUT2D eigenvalue weighted by atomic mass is 35.5. The van der Waals surface area contributed by atoms with Crippen LogP contribution in [0.5, 0.6) is 0 Å². The molecule has 0 spiro atoms. The number of halogens is 8. The maximum Gasteiger partial charge on any atom is 0.127 e. The number of allylic oxidation sites excluding steroid dienone is 4. The highest BCUT2D eigenvalue weighted by molar-refractivity contribution is 6.61. The molecule has 0 N–H and O–H groups in total. The molecule has 0 unspecified atom stereocenters. The Bertz CT molecular complexity index is 538. The normalized spacial score (nSPS) is 54.7. The molecule has 0 aromatic rings. The molecule has 1 saturated carbocycles. The Labute approximate surface area is 144 Å². The third kappa shape index (κ3) is 1.16. The minimum atomic E-state index is -1.35. The van der Waals surface area contributed by atoms with E-state index in [4.69, 9.17) is 92.8 Å². The van der Waals surface area contributed by atoms with Crippen molar-refractivity contribution >= 4 is 92.8 Å². The van der Waals surface area contributed by atoms with Crippen molar-refractivity contribution in [3.63, 3.8) is 0 Å². The largest absolute Gasteiger partial charge is 0.127 e. The number of hydrogen-bond donors (Lipinski definition) is 0. The van der Waals surface area contributed by atoms with Gasteiger partial charge in [-0.3, -0.25) is 0 Å². The molecule has 3 rings (SSSR count). The molecule has 0 aromatic heterocycles. The molecule has 100 valence electrons. The fraction of sp³-hybridized carbons (Fsp3) is 0.600. The van der Waals surface area contributed by atoms with E-state index >= 15 is 0 Å². The average Bonchev–Trinajstić information content (AvgIpc) is 2.65. The lowest BCUT2D eigenvalue weighted by Gasteiger charge is -2.46. The van der Waals surface area contributed by atoms with Crippen LogP contribution in [0.25, 0.3) is 0 Å². The van der Waals surface area contributed by atoms with Gasteiger partial charge in [-0.25, -0.2) is 0 Å². The van der Waals surface area contributed by atoms with Crippen LogP contribution >= 0.6 is 92.8 Å². The van der Waals surface area contributed by atoms with E-state index in [1.54, 1.807) is 0 Å². The fourth-order valence-corrected chi connectivity index (χ4v) is 7.27. The number of hydrogen-bond acceptors (Lipinski definition) is 0. The lowest BCUT2D eigenvalue weighted by Crippen LogP contribution is -2.58.